The van der Waals surface area contributed by atoms with Crippen molar-refractivity contribution in [3.8, 4) is 5.75 Å². The van der Waals surface area contributed by atoms with Crippen LogP contribution in [0.2, 0.25) is 0 Å². The molecule has 0 aliphatic carbocycles. The van der Waals surface area contributed by atoms with Crippen molar-refractivity contribution < 1.29 is 27.5 Å². The van der Waals surface area contributed by atoms with Crippen LogP contribution in [0.25, 0.3) is 0 Å². The van der Waals surface area contributed by atoms with Gasteiger partial charge in [-0.05, 0) is 61.9 Å². The summed E-state index contributed by atoms with van der Waals surface area (Å²) in [5.74, 6) is -0.378. The first-order chi connectivity index (χ1) is 14.8. The van der Waals surface area contributed by atoms with Gasteiger partial charge < -0.3 is 14.8 Å². The van der Waals surface area contributed by atoms with E-state index in [1.807, 2.05) is 0 Å². The second kappa shape index (κ2) is 9.71. The Labute approximate surface area is 187 Å². The third-order valence-electron chi connectivity index (χ3n) is 4.87. The second-order valence-electron chi connectivity index (χ2n) is 6.94. The van der Waals surface area contributed by atoms with E-state index in [1.165, 1.54) is 35.7 Å². The van der Waals surface area contributed by atoms with Gasteiger partial charge in [0.25, 0.3) is 0 Å². The molecule has 8 nitrogen and oxygen atoms in total. The number of rotatable bonds is 7. The molecular formula is C21H24N2O6S2. The minimum Gasteiger partial charge on any atom is -0.497 e. The maximum Gasteiger partial charge on any atom is 0.338 e. The molecule has 166 valence electrons. The van der Waals surface area contributed by atoms with Crippen LogP contribution < -0.4 is 10.1 Å². The Kier molecular flexibility index (Phi) is 7.24. The molecule has 0 unspecified atom stereocenters. The number of thiol groups is 1. The lowest BCUT2D eigenvalue weighted by Crippen LogP contribution is -2.43. The molecule has 2 atom stereocenters. The largest absolute Gasteiger partial charge is 0.497 e. The van der Waals surface area contributed by atoms with E-state index in [0.717, 1.165) is 0 Å². The first-order valence-corrected chi connectivity index (χ1v) is 11.6. The molecule has 1 amide bonds. The van der Waals surface area contributed by atoms with Crippen LogP contribution in [-0.4, -0.2) is 56.2 Å². The predicted octanol–water partition coefficient (Wildman–Crippen LogP) is 2.57. The number of anilines is 1. The molecule has 3 rings (SSSR count). The number of benzene rings is 2. The average molecular weight is 465 g/mol. The Hall–Kier alpha value is -2.56. The Bertz CT molecular complexity index is 1040. The molecule has 0 bridgehead atoms. The quantitative estimate of drug-likeness (QED) is 0.482. The van der Waals surface area contributed by atoms with Crippen LogP contribution in [-0.2, 0) is 19.6 Å². The fourth-order valence-corrected chi connectivity index (χ4v) is 5.43. The van der Waals surface area contributed by atoms with Gasteiger partial charge in [0.05, 0.1) is 24.2 Å². The monoisotopic (exact) mass is 464 g/mol. The molecule has 2 aromatic carbocycles. The standard InChI is InChI=1S/C21H24N2O6S2/c1-3-29-21(25)14-4-6-15(7-5-14)22-20(24)19-12-17(30)13-23(19)31(26,27)18-10-8-16(28-2)9-11-18/h4-11,17,19,30H,3,12-13H2,1-2H3,(H,22,24)/t17-,19-/m0/s1. The van der Waals surface area contributed by atoms with E-state index in [-0.39, 0.29) is 29.7 Å². The highest BCUT2D eigenvalue weighted by atomic mass is 32.2. The van der Waals surface area contributed by atoms with Crippen LogP contribution in [0.5, 0.6) is 5.75 Å². The first-order valence-electron chi connectivity index (χ1n) is 9.68. The lowest BCUT2D eigenvalue weighted by atomic mass is 10.2. The van der Waals surface area contributed by atoms with E-state index in [4.69, 9.17) is 9.47 Å². The summed E-state index contributed by atoms with van der Waals surface area (Å²) >= 11 is 4.41. The Morgan fingerprint density at radius 1 is 1.13 bits per heavy atom. The first kappa shape index (κ1) is 23.1. The van der Waals surface area contributed by atoms with Crippen LogP contribution in [0.1, 0.15) is 23.7 Å². The topological polar surface area (TPSA) is 102 Å². The van der Waals surface area contributed by atoms with E-state index >= 15 is 0 Å². The van der Waals surface area contributed by atoms with Gasteiger partial charge in [0.1, 0.15) is 11.8 Å². The van der Waals surface area contributed by atoms with Crippen molar-refractivity contribution in [2.75, 3.05) is 25.6 Å². The lowest BCUT2D eigenvalue weighted by Gasteiger charge is -2.23. The zero-order valence-electron chi connectivity index (χ0n) is 17.1. The third kappa shape index (κ3) is 5.20. The molecule has 1 heterocycles. The van der Waals surface area contributed by atoms with Gasteiger partial charge in [-0.15, -0.1) is 0 Å². The molecule has 0 spiro atoms. The molecule has 0 radical (unpaired) electrons. The van der Waals surface area contributed by atoms with E-state index < -0.39 is 27.9 Å². The Morgan fingerprint density at radius 3 is 2.35 bits per heavy atom. The number of carbonyl (C=O) groups is 2. The highest BCUT2D eigenvalue weighted by Crippen LogP contribution is 2.30. The van der Waals surface area contributed by atoms with Crippen LogP contribution in [0.3, 0.4) is 0 Å². The van der Waals surface area contributed by atoms with Crippen LogP contribution >= 0.6 is 12.6 Å². The number of hydrogen-bond donors (Lipinski definition) is 2. The second-order valence-corrected chi connectivity index (χ2v) is 9.56. The zero-order valence-corrected chi connectivity index (χ0v) is 18.9. The number of carbonyl (C=O) groups excluding carboxylic acids is 2. The normalized spacial score (nSPS) is 19.1. The SMILES string of the molecule is CCOC(=O)c1ccc(NC(=O)[C@@H]2C[C@H](S)CN2S(=O)(=O)c2ccc(OC)cc2)cc1. The van der Waals surface area contributed by atoms with Crippen LogP contribution in [0, 0.1) is 0 Å². The molecule has 1 N–H and O–H groups in total. The van der Waals surface area contributed by atoms with Crippen molar-refractivity contribution in [3.05, 3.63) is 54.1 Å². The maximum absolute atomic E-state index is 13.1. The van der Waals surface area contributed by atoms with Crippen molar-refractivity contribution in [2.24, 2.45) is 0 Å². The molecule has 2 aromatic rings. The number of sulfonamides is 1. The van der Waals surface area contributed by atoms with E-state index in [9.17, 15) is 18.0 Å². The number of nitrogens with zero attached hydrogens (tertiary/aromatic N) is 1. The fraction of sp³-hybridized carbons (Fsp3) is 0.333. The summed E-state index contributed by atoms with van der Waals surface area (Å²) in [5.41, 5.74) is 0.808. The minimum absolute atomic E-state index is 0.0762. The van der Waals surface area contributed by atoms with Gasteiger partial charge in [-0.1, -0.05) is 0 Å². The van der Waals surface area contributed by atoms with Crippen molar-refractivity contribution in [2.45, 2.75) is 29.5 Å². The number of ether oxygens (including phenoxy) is 2. The summed E-state index contributed by atoms with van der Waals surface area (Å²) in [6.45, 7) is 2.11. The zero-order chi connectivity index (χ0) is 22.6. The molecule has 0 saturated carbocycles. The number of esters is 1. The van der Waals surface area contributed by atoms with Gasteiger partial charge in [-0.3, -0.25) is 4.79 Å². The molecule has 0 aromatic heterocycles. The smallest absolute Gasteiger partial charge is 0.338 e. The van der Waals surface area contributed by atoms with Gasteiger partial charge in [0.15, 0.2) is 0 Å². The number of hydrogen-bond acceptors (Lipinski definition) is 7. The molecule has 1 aliphatic heterocycles. The Balaban J connectivity index is 1.77. The molecular weight excluding hydrogens is 440 g/mol. The predicted molar refractivity (Wildman–Crippen MR) is 119 cm³/mol. The molecule has 31 heavy (non-hydrogen) atoms. The van der Waals surface area contributed by atoms with Gasteiger partial charge in [0, 0.05) is 17.5 Å². The minimum atomic E-state index is -3.90. The van der Waals surface area contributed by atoms with Gasteiger partial charge in [0.2, 0.25) is 15.9 Å². The van der Waals surface area contributed by atoms with Gasteiger partial charge in [-0.25, -0.2) is 13.2 Å². The summed E-state index contributed by atoms with van der Waals surface area (Å²) < 4.78 is 37.5. The summed E-state index contributed by atoms with van der Waals surface area (Å²) in [7, 11) is -2.41. The molecule has 1 fully saturated rings. The van der Waals surface area contributed by atoms with Crippen molar-refractivity contribution in [3.63, 3.8) is 0 Å². The van der Waals surface area contributed by atoms with Crippen molar-refractivity contribution >= 4 is 40.2 Å². The van der Waals surface area contributed by atoms with Gasteiger partial charge >= 0.3 is 5.97 Å². The van der Waals surface area contributed by atoms with E-state index in [1.54, 1.807) is 31.2 Å². The molecule has 10 heteroatoms. The van der Waals surface area contributed by atoms with Gasteiger partial charge in [-0.2, -0.15) is 16.9 Å². The fourth-order valence-electron chi connectivity index (χ4n) is 3.30. The number of methoxy groups -OCH3 is 1. The van der Waals surface area contributed by atoms with Crippen LogP contribution in [0.4, 0.5) is 5.69 Å². The Morgan fingerprint density at radius 2 is 1.77 bits per heavy atom. The summed E-state index contributed by atoms with van der Waals surface area (Å²) in [6, 6.07) is 11.3. The summed E-state index contributed by atoms with van der Waals surface area (Å²) in [5, 5.41) is 2.45. The van der Waals surface area contributed by atoms with Crippen molar-refractivity contribution in [1.29, 1.82) is 0 Å². The number of amides is 1. The summed E-state index contributed by atoms with van der Waals surface area (Å²) in [6.07, 6.45) is 0.283. The third-order valence-corrected chi connectivity index (χ3v) is 7.13. The highest BCUT2D eigenvalue weighted by molar-refractivity contribution is 7.89. The van der Waals surface area contributed by atoms with E-state index in [2.05, 4.69) is 17.9 Å². The molecule has 1 saturated heterocycles. The number of nitrogens with one attached hydrogen (secondary N) is 1. The van der Waals surface area contributed by atoms with E-state index in [0.29, 0.717) is 17.0 Å². The van der Waals surface area contributed by atoms with Crippen LogP contribution in [0.15, 0.2) is 53.4 Å². The lowest BCUT2D eigenvalue weighted by molar-refractivity contribution is -0.119. The summed E-state index contributed by atoms with van der Waals surface area (Å²) in [4.78, 5) is 24.7. The average Bonchev–Trinajstić information content (AvgIpc) is 3.17. The molecule has 1 aliphatic rings. The van der Waals surface area contributed by atoms with Crippen molar-refractivity contribution in [1.82, 2.24) is 4.31 Å². The maximum atomic E-state index is 13.1. The highest BCUT2D eigenvalue weighted by Gasteiger charge is 2.43.